The summed E-state index contributed by atoms with van der Waals surface area (Å²) in [5.41, 5.74) is 3.71. The minimum Gasteiger partial charge on any atom is -0.394 e. The molecule has 2 fully saturated rings. The number of fused-ring (bicyclic) bond motifs is 1. The van der Waals surface area contributed by atoms with Gasteiger partial charge in [0.1, 0.15) is 0 Å². The maximum absolute atomic E-state index is 9.07. The number of likely N-dealkylation sites (tertiary alicyclic amines) is 1. The quantitative estimate of drug-likeness (QED) is 0.805. The summed E-state index contributed by atoms with van der Waals surface area (Å²) in [6.07, 6.45) is 4.32. The van der Waals surface area contributed by atoms with Gasteiger partial charge in [0.2, 0.25) is 0 Å². The van der Waals surface area contributed by atoms with Crippen molar-refractivity contribution in [2.45, 2.75) is 83.7 Å². The van der Waals surface area contributed by atoms with Gasteiger partial charge in [-0.05, 0) is 53.4 Å². The van der Waals surface area contributed by atoms with E-state index in [4.69, 9.17) is 19.7 Å². The molecule has 0 radical (unpaired) electrons. The molecule has 1 aromatic rings. The molecule has 148 valence electrons. The van der Waals surface area contributed by atoms with E-state index in [0.717, 1.165) is 44.5 Å². The SMILES string of the molecule is CO[C@@]12CC[C@H](OCCO)C[C@@H]1N(Cc1c(C)nn(C(C)C)c1C)CC2. The lowest BCUT2D eigenvalue weighted by atomic mass is 9.79. The smallest absolute Gasteiger partial charge is 0.0847 e. The van der Waals surface area contributed by atoms with Crippen LogP contribution in [0.4, 0.5) is 0 Å². The van der Waals surface area contributed by atoms with Gasteiger partial charge in [0.05, 0.1) is 30.6 Å². The molecule has 3 rings (SSSR count). The Hall–Kier alpha value is -0.950. The van der Waals surface area contributed by atoms with Crippen molar-refractivity contribution < 1.29 is 14.6 Å². The Bertz CT molecular complexity index is 616. The van der Waals surface area contributed by atoms with Gasteiger partial charge in [0.15, 0.2) is 0 Å². The number of hydrogen-bond donors (Lipinski definition) is 1. The van der Waals surface area contributed by atoms with Gasteiger partial charge >= 0.3 is 0 Å². The highest BCUT2D eigenvalue weighted by Gasteiger charge is 2.51. The zero-order valence-electron chi connectivity index (χ0n) is 17.0. The third-order valence-electron chi connectivity index (χ3n) is 6.42. The summed E-state index contributed by atoms with van der Waals surface area (Å²) in [6.45, 7) is 11.2. The number of methoxy groups -OCH3 is 1. The Morgan fingerprint density at radius 1 is 1.31 bits per heavy atom. The first-order valence-corrected chi connectivity index (χ1v) is 9.98. The van der Waals surface area contributed by atoms with Crippen LogP contribution in [0.3, 0.4) is 0 Å². The highest BCUT2D eigenvalue weighted by atomic mass is 16.5. The molecule has 0 unspecified atom stereocenters. The van der Waals surface area contributed by atoms with Gasteiger partial charge in [-0.15, -0.1) is 0 Å². The second-order valence-electron chi connectivity index (χ2n) is 8.18. The zero-order chi connectivity index (χ0) is 18.9. The van der Waals surface area contributed by atoms with Gasteiger partial charge in [-0.3, -0.25) is 9.58 Å². The molecule has 6 heteroatoms. The summed E-state index contributed by atoms with van der Waals surface area (Å²) >= 11 is 0. The van der Waals surface area contributed by atoms with Gasteiger partial charge in [0, 0.05) is 43.5 Å². The molecule has 1 aliphatic heterocycles. The van der Waals surface area contributed by atoms with Crippen molar-refractivity contribution >= 4 is 0 Å². The van der Waals surface area contributed by atoms with Crippen molar-refractivity contribution in [2.24, 2.45) is 0 Å². The minimum absolute atomic E-state index is 0.0467. The van der Waals surface area contributed by atoms with Gasteiger partial charge in [0.25, 0.3) is 0 Å². The Kier molecular flexibility index (Phi) is 6.07. The molecule has 26 heavy (non-hydrogen) atoms. The minimum atomic E-state index is -0.0467. The van der Waals surface area contributed by atoms with Crippen LogP contribution in [-0.2, 0) is 16.0 Å². The lowest BCUT2D eigenvalue weighted by molar-refractivity contribution is -0.104. The monoisotopic (exact) mass is 365 g/mol. The maximum atomic E-state index is 9.07. The molecule has 3 atom stereocenters. The van der Waals surface area contributed by atoms with E-state index in [2.05, 4.69) is 37.3 Å². The van der Waals surface area contributed by atoms with Gasteiger partial charge in [-0.2, -0.15) is 5.10 Å². The number of aliphatic hydroxyl groups excluding tert-OH is 1. The molecule has 2 heterocycles. The highest BCUT2D eigenvalue weighted by molar-refractivity contribution is 5.25. The van der Waals surface area contributed by atoms with Crippen LogP contribution in [-0.4, -0.2) is 64.4 Å². The van der Waals surface area contributed by atoms with Crippen LogP contribution in [0.25, 0.3) is 0 Å². The summed E-state index contributed by atoms with van der Waals surface area (Å²) < 4.78 is 14.1. The molecule has 1 N–H and O–H groups in total. The second kappa shape index (κ2) is 7.97. The molecule has 0 aromatic carbocycles. The molecule has 2 aliphatic rings. The average molecular weight is 366 g/mol. The fourth-order valence-corrected chi connectivity index (χ4v) is 4.95. The topological polar surface area (TPSA) is 59.8 Å². The summed E-state index contributed by atoms with van der Waals surface area (Å²) in [4.78, 5) is 2.57. The number of aryl methyl sites for hydroxylation is 1. The van der Waals surface area contributed by atoms with Gasteiger partial charge < -0.3 is 14.6 Å². The molecule has 0 bridgehead atoms. The lowest BCUT2D eigenvalue weighted by Gasteiger charge is -2.43. The molecule has 6 nitrogen and oxygen atoms in total. The molecular formula is C20H35N3O3. The maximum Gasteiger partial charge on any atom is 0.0847 e. The third kappa shape index (κ3) is 3.57. The van der Waals surface area contributed by atoms with Crippen LogP contribution in [0, 0.1) is 13.8 Å². The van der Waals surface area contributed by atoms with E-state index in [1.807, 2.05) is 7.11 Å². The largest absolute Gasteiger partial charge is 0.394 e. The highest BCUT2D eigenvalue weighted by Crippen LogP contribution is 2.44. The fourth-order valence-electron chi connectivity index (χ4n) is 4.95. The normalized spacial score (nSPS) is 29.5. The van der Waals surface area contributed by atoms with E-state index in [9.17, 15) is 0 Å². The molecule has 0 amide bonds. The first kappa shape index (κ1) is 19.8. The van der Waals surface area contributed by atoms with Crippen LogP contribution in [0.15, 0.2) is 0 Å². The summed E-state index contributed by atoms with van der Waals surface area (Å²) in [5, 5.41) is 13.8. The van der Waals surface area contributed by atoms with Crippen LogP contribution in [0.1, 0.15) is 62.5 Å². The Balaban J connectivity index is 1.78. The Morgan fingerprint density at radius 3 is 2.69 bits per heavy atom. The molecule has 1 aromatic heterocycles. The standard InChI is InChI=1S/C20H35N3O3/c1-14(2)23-16(4)18(15(3)21-23)13-22-9-8-20(25-5)7-6-17(12-19(20)22)26-11-10-24/h14,17,19,24H,6-13H2,1-5H3/t17-,19-,20+/m0/s1. The Morgan fingerprint density at radius 2 is 2.08 bits per heavy atom. The fraction of sp³-hybridized carbons (Fsp3) is 0.850. The average Bonchev–Trinajstić information content (AvgIpc) is 3.13. The van der Waals surface area contributed by atoms with Crippen LogP contribution >= 0.6 is 0 Å². The molecule has 1 saturated heterocycles. The number of nitrogens with zero attached hydrogens (tertiary/aromatic N) is 3. The van der Waals surface area contributed by atoms with Crippen LogP contribution < -0.4 is 0 Å². The van der Waals surface area contributed by atoms with Crippen molar-refractivity contribution in [1.29, 1.82) is 0 Å². The van der Waals surface area contributed by atoms with Crippen molar-refractivity contribution in [2.75, 3.05) is 26.9 Å². The molecule has 1 saturated carbocycles. The van der Waals surface area contributed by atoms with Crippen molar-refractivity contribution in [3.8, 4) is 0 Å². The van der Waals surface area contributed by atoms with Crippen LogP contribution in [0.5, 0.6) is 0 Å². The second-order valence-corrected chi connectivity index (χ2v) is 8.18. The van der Waals surface area contributed by atoms with E-state index in [0.29, 0.717) is 18.7 Å². The summed E-state index contributed by atoms with van der Waals surface area (Å²) in [7, 11) is 1.86. The number of rotatable bonds is 7. The van der Waals surface area contributed by atoms with E-state index in [1.54, 1.807) is 0 Å². The third-order valence-corrected chi connectivity index (χ3v) is 6.42. The van der Waals surface area contributed by atoms with Crippen molar-refractivity contribution in [3.05, 3.63) is 17.0 Å². The molecule has 0 spiro atoms. The van der Waals surface area contributed by atoms with Gasteiger partial charge in [-0.25, -0.2) is 0 Å². The van der Waals surface area contributed by atoms with E-state index in [1.165, 1.54) is 11.3 Å². The lowest BCUT2D eigenvalue weighted by Crippen LogP contribution is -2.51. The van der Waals surface area contributed by atoms with E-state index < -0.39 is 0 Å². The van der Waals surface area contributed by atoms with E-state index >= 15 is 0 Å². The summed E-state index contributed by atoms with van der Waals surface area (Å²) in [5.74, 6) is 0. The number of aliphatic hydroxyl groups is 1. The first-order valence-electron chi connectivity index (χ1n) is 9.98. The summed E-state index contributed by atoms with van der Waals surface area (Å²) in [6, 6.07) is 0.746. The predicted octanol–water partition coefficient (Wildman–Crippen LogP) is 2.60. The number of hydrogen-bond acceptors (Lipinski definition) is 5. The Labute approximate surface area is 157 Å². The van der Waals surface area contributed by atoms with Gasteiger partial charge in [-0.1, -0.05) is 0 Å². The van der Waals surface area contributed by atoms with Crippen molar-refractivity contribution in [1.82, 2.24) is 14.7 Å². The predicted molar refractivity (Wildman–Crippen MR) is 101 cm³/mol. The molecular weight excluding hydrogens is 330 g/mol. The number of ether oxygens (including phenoxy) is 2. The number of aromatic nitrogens is 2. The molecule has 1 aliphatic carbocycles. The zero-order valence-corrected chi connectivity index (χ0v) is 17.0. The van der Waals surface area contributed by atoms with Crippen molar-refractivity contribution in [3.63, 3.8) is 0 Å². The van der Waals surface area contributed by atoms with E-state index in [-0.39, 0.29) is 18.3 Å². The first-order chi connectivity index (χ1) is 12.4. The van der Waals surface area contributed by atoms with Crippen LogP contribution in [0.2, 0.25) is 0 Å².